The lowest BCUT2D eigenvalue weighted by Crippen LogP contribution is -2.28. The maximum absolute atomic E-state index is 13.2. The second-order valence-corrected chi connectivity index (χ2v) is 6.07. The highest BCUT2D eigenvalue weighted by molar-refractivity contribution is 5.55. The zero-order valence-electron chi connectivity index (χ0n) is 13.3. The van der Waals surface area contributed by atoms with Crippen LogP contribution in [-0.4, -0.2) is 27.9 Å². The number of hydrogen-bond donors (Lipinski definition) is 1. The summed E-state index contributed by atoms with van der Waals surface area (Å²) < 4.78 is 15.1. The number of nitrogens with zero attached hydrogens (tertiary/aromatic N) is 3. The predicted molar refractivity (Wildman–Crippen MR) is 91.6 cm³/mol. The van der Waals surface area contributed by atoms with E-state index in [-0.39, 0.29) is 5.82 Å². The molecule has 1 N–H and O–H groups in total. The minimum atomic E-state index is -0.250. The van der Waals surface area contributed by atoms with Crippen LogP contribution in [0.4, 0.5) is 4.39 Å². The molecule has 1 saturated heterocycles. The van der Waals surface area contributed by atoms with Gasteiger partial charge in [0.1, 0.15) is 11.6 Å². The van der Waals surface area contributed by atoms with Crippen LogP contribution in [0.3, 0.4) is 0 Å². The van der Waals surface area contributed by atoms with E-state index in [4.69, 9.17) is 10.1 Å². The minimum absolute atomic E-state index is 0.250. The van der Waals surface area contributed by atoms with Gasteiger partial charge in [0.25, 0.3) is 0 Å². The zero-order chi connectivity index (χ0) is 16.4. The molecule has 4 rings (SSSR count). The molecular weight excluding hydrogens is 303 g/mol. The molecule has 122 valence electrons. The molecule has 0 spiro atoms. The van der Waals surface area contributed by atoms with Crippen molar-refractivity contribution in [2.45, 2.75) is 18.8 Å². The molecule has 3 aromatic rings. The van der Waals surface area contributed by atoms with Crippen molar-refractivity contribution in [1.29, 1.82) is 0 Å². The fourth-order valence-corrected chi connectivity index (χ4v) is 3.15. The lowest BCUT2D eigenvalue weighted by molar-refractivity contribution is 0.438. The quantitative estimate of drug-likeness (QED) is 0.802. The Morgan fingerprint density at radius 1 is 0.958 bits per heavy atom. The maximum atomic E-state index is 13.2. The molecular formula is C19H19FN4. The van der Waals surface area contributed by atoms with Gasteiger partial charge in [-0.15, -0.1) is 5.10 Å². The Bertz CT molecular complexity index is 805. The van der Waals surface area contributed by atoms with Crippen molar-refractivity contribution in [2.24, 2.45) is 0 Å². The standard InChI is InChI=1S/C19H19FN4/c20-16-8-6-14(7-9-16)18-22-19(15-10-12-21-13-11-15)24(23-18)17-4-2-1-3-5-17/h1-9,15,21H,10-13H2. The molecule has 0 saturated carbocycles. The molecule has 0 aliphatic carbocycles. The fourth-order valence-electron chi connectivity index (χ4n) is 3.15. The summed E-state index contributed by atoms with van der Waals surface area (Å²) in [5, 5.41) is 8.11. The lowest BCUT2D eigenvalue weighted by Gasteiger charge is -2.22. The number of para-hydroxylation sites is 1. The van der Waals surface area contributed by atoms with Gasteiger partial charge in [-0.05, 0) is 62.3 Å². The van der Waals surface area contributed by atoms with Crippen LogP contribution in [0, 0.1) is 5.82 Å². The maximum Gasteiger partial charge on any atom is 0.181 e. The Hall–Kier alpha value is -2.53. The summed E-state index contributed by atoms with van der Waals surface area (Å²) in [5.41, 5.74) is 1.84. The molecule has 2 aromatic carbocycles. The highest BCUT2D eigenvalue weighted by Crippen LogP contribution is 2.28. The molecule has 1 aromatic heterocycles. The minimum Gasteiger partial charge on any atom is -0.317 e. The Morgan fingerprint density at radius 2 is 1.67 bits per heavy atom. The Labute approximate surface area is 140 Å². The molecule has 24 heavy (non-hydrogen) atoms. The van der Waals surface area contributed by atoms with Gasteiger partial charge in [0.15, 0.2) is 5.82 Å². The van der Waals surface area contributed by atoms with Crippen LogP contribution in [0.5, 0.6) is 0 Å². The van der Waals surface area contributed by atoms with Gasteiger partial charge in [0.2, 0.25) is 0 Å². The van der Waals surface area contributed by atoms with Crippen LogP contribution in [0.2, 0.25) is 0 Å². The zero-order valence-corrected chi connectivity index (χ0v) is 13.3. The SMILES string of the molecule is Fc1ccc(-c2nc(C3CCNCC3)n(-c3ccccc3)n2)cc1. The Balaban J connectivity index is 1.79. The van der Waals surface area contributed by atoms with E-state index < -0.39 is 0 Å². The highest BCUT2D eigenvalue weighted by atomic mass is 19.1. The van der Waals surface area contributed by atoms with Crippen molar-refractivity contribution in [3.05, 3.63) is 66.2 Å². The second kappa shape index (κ2) is 6.53. The largest absolute Gasteiger partial charge is 0.317 e. The number of hydrogen-bond acceptors (Lipinski definition) is 3. The number of piperidine rings is 1. The number of benzene rings is 2. The third kappa shape index (κ3) is 2.95. The molecule has 0 unspecified atom stereocenters. The first-order valence-corrected chi connectivity index (χ1v) is 8.30. The number of halogens is 1. The lowest BCUT2D eigenvalue weighted by atomic mass is 9.97. The van der Waals surface area contributed by atoms with Gasteiger partial charge in [0.05, 0.1) is 5.69 Å². The molecule has 5 heteroatoms. The van der Waals surface area contributed by atoms with E-state index in [2.05, 4.69) is 5.32 Å². The Kier molecular flexibility index (Phi) is 4.09. The average Bonchev–Trinajstić information content (AvgIpc) is 3.09. The molecule has 1 aliphatic rings. The van der Waals surface area contributed by atoms with Crippen LogP contribution in [0.1, 0.15) is 24.6 Å². The summed E-state index contributed by atoms with van der Waals surface area (Å²) in [6.07, 6.45) is 2.10. The first kappa shape index (κ1) is 15.0. The summed E-state index contributed by atoms with van der Waals surface area (Å²) in [6.45, 7) is 2.00. The molecule has 0 amide bonds. The van der Waals surface area contributed by atoms with Crippen molar-refractivity contribution in [1.82, 2.24) is 20.1 Å². The van der Waals surface area contributed by atoms with Crippen LogP contribution in [0.25, 0.3) is 17.1 Å². The van der Waals surface area contributed by atoms with Crippen molar-refractivity contribution in [3.8, 4) is 17.1 Å². The topological polar surface area (TPSA) is 42.7 Å². The van der Waals surface area contributed by atoms with Gasteiger partial charge in [-0.3, -0.25) is 0 Å². The summed E-state index contributed by atoms with van der Waals surface area (Å²) in [5.74, 6) is 1.77. The van der Waals surface area contributed by atoms with Crippen molar-refractivity contribution >= 4 is 0 Å². The number of nitrogens with one attached hydrogen (secondary N) is 1. The highest BCUT2D eigenvalue weighted by Gasteiger charge is 2.23. The Morgan fingerprint density at radius 3 is 2.38 bits per heavy atom. The molecule has 0 radical (unpaired) electrons. The summed E-state index contributed by atoms with van der Waals surface area (Å²) in [4.78, 5) is 4.81. The molecule has 0 atom stereocenters. The van der Waals surface area contributed by atoms with Crippen LogP contribution in [-0.2, 0) is 0 Å². The van der Waals surface area contributed by atoms with Gasteiger partial charge in [0, 0.05) is 11.5 Å². The summed E-state index contributed by atoms with van der Waals surface area (Å²) in [7, 11) is 0. The van der Waals surface area contributed by atoms with Crippen molar-refractivity contribution < 1.29 is 4.39 Å². The summed E-state index contributed by atoms with van der Waals surface area (Å²) >= 11 is 0. The van der Waals surface area contributed by atoms with E-state index in [1.807, 2.05) is 35.0 Å². The van der Waals surface area contributed by atoms with Gasteiger partial charge in [-0.1, -0.05) is 18.2 Å². The summed E-state index contributed by atoms with van der Waals surface area (Å²) in [6, 6.07) is 16.4. The third-order valence-electron chi connectivity index (χ3n) is 4.44. The molecule has 0 bridgehead atoms. The first-order valence-electron chi connectivity index (χ1n) is 8.30. The van der Waals surface area contributed by atoms with E-state index >= 15 is 0 Å². The predicted octanol–water partition coefficient (Wildman–Crippen LogP) is 3.54. The van der Waals surface area contributed by atoms with Crippen molar-refractivity contribution in [3.63, 3.8) is 0 Å². The van der Waals surface area contributed by atoms with Crippen LogP contribution >= 0.6 is 0 Å². The van der Waals surface area contributed by atoms with E-state index in [0.717, 1.165) is 43.0 Å². The van der Waals surface area contributed by atoms with E-state index in [1.54, 1.807) is 12.1 Å². The van der Waals surface area contributed by atoms with Crippen LogP contribution < -0.4 is 5.32 Å². The van der Waals surface area contributed by atoms with Crippen LogP contribution in [0.15, 0.2) is 54.6 Å². The van der Waals surface area contributed by atoms with E-state index in [9.17, 15) is 4.39 Å². The average molecular weight is 322 g/mol. The molecule has 2 heterocycles. The third-order valence-corrected chi connectivity index (χ3v) is 4.44. The monoisotopic (exact) mass is 322 g/mol. The fraction of sp³-hybridized carbons (Fsp3) is 0.263. The first-order chi connectivity index (χ1) is 11.8. The number of aromatic nitrogens is 3. The van der Waals surface area contributed by atoms with E-state index in [0.29, 0.717) is 11.7 Å². The smallest absolute Gasteiger partial charge is 0.181 e. The number of rotatable bonds is 3. The van der Waals surface area contributed by atoms with Gasteiger partial charge < -0.3 is 5.32 Å². The van der Waals surface area contributed by atoms with E-state index in [1.165, 1.54) is 12.1 Å². The van der Waals surface area contributed by atoms with Gasteiger partial charge in [-0.2, -0.15) is 0 Å². The van der Waals surface area contributed by atoms with Gasteiger partial charge in [-0.25, -0.2) is 14.1 Å². The van der Waals surface area contributed by atoms with Gasteiger partial charge >= 0.3 is 0 Å². The second-order valence-electron chi connectivity index (χ2n) is 6.07. The molecule has 4 nitrogen and oxygen atoms in total. The van der Waals surface area contributed by atoms with Crippen molar-refractivity contribution in [2.75, 3.05) is 13.1 Å². The molecule has 1 fully saturated rings. The normalized spacial score (nSPS) is 15.5. The molecule has 1 aliphatic heterocycles.